The molecule has 3 saturated carbocycles. The zero-order valence-corrected chi connectivity index (χ0v) is 15.9. The average molecular weight is 378 g/mol. The van der Waals surface area contributed by atoms with Crippen molar-refractivity contribution in [1.82, 2.24) is 0 Å². The van der Waals surface area contributed by atoms with Gasteiger partial charge in [0.1, 0.15) is 6.17 Å². The van der Waals surface area contributed by atoms with Crippen molar-refractivity contribution in [3.63, 3.8) is 0 Å². The minimum Gasteiger partial charge on any atom is -0.390 e. The van der Waals surface area contributed by atoms with Gasteiger partial charge < -0.3 is 5.11 Å². The van der Waals surface area contributed by atoms with Crippen LogP contribution in [0.4, 0.5) is 17.6 Å². The summed E-state index contributed by atoms with van der Waals surface area (Å²) >= 11 is 0. The highest BCUT2D eigenvalue weighted by Crippen LogP contribution is 2.48. The highest BCUT2D eigenvalue weighted by atomic mass is 19.3. The molecule has 0 amide bonds. The number of halogens is 4. The van der Waals surface area contributed by atoms with Crippen LogP contribution in [0.1, 0.15) is 77.6 Å². The molecular formula is C21H34F4O. The normalized spacial score (nSPS) is 45.5. The van der Waals surface area contributed by atoms with Crippen LogP contribution in [-0.4, -0.2) is 29.5 Å². The fourth-order valence-corrected chi connectivity index (χ4v) is 5.68. The molecule has 3 aliphatic rings. The second kappa shape index (κ2) is 8.36. The molecule has 3 rings (SSSR count). The van der Waals surface area contributed by atoms with E-state index in [1.165, 1.54) is 0 Å². The van der Waals surface area contributed by atoms with Crippen molar-refractivity contribution in [3.05, 3.63) is 0 Å². The third kappa shape index (κ3) is 4.56. The minimum absolute atomic E-state index is 0.00294. The van der Waals surface area contributed by atoms with Gasteiger partial charge in [0.15, 0.2) is 6.17 Å². The molecule has 0 spiro atoms. The van der Waals surface area contributed by atoms with E-state index in [2.05, 4.69) is 6.92 Å². The van der Waals surface area contributed by atoms with E-state index in [0.29, 0.717) is 38.0 Å². The molecule has 0 heterocycles. The fraction of sp³-hybridized carbons (Fsp3) is 1.00. The number of aliphatic hydroxyl groups excluding tert-OH is 1. The van der Waals surface area contributed by atoms with E-state index in [0.717, 1.165) is 25.7 Å². The van der Waals surface area contributed by atoms with Crippen molar-refractivity contribution in [2.75, 3.05) is 0 Å². The predicted octanol–water partition coefficient (Wildman–Crippen LogP) is 6.09. The smallest absolute Gasteiger partial charge is 0.251 e. The Balaban J connectivity index is 1.49. The van der Waals surface area contributed by atoms with Gasteiger partial charge in [-0.2, -0.15) is 0 Å². The summed E-state index contributed by atoms with van der Waals surface area (Å²) in [5, 5.41) is 9.47. The maximum atomic E-state index is 14.8. The van der Waals surface area contributed by atoms with Crippen LogP contribution < -0.4 is 0 Å². The van der Waals surface area contributed by atoms with Crippen molar-refractivity contribution in [3.8, 4) is 0 Å². The van der Waals surface area contributed by atoms with Crippen LogP contribution in [0.25, 0.3) is 0 Å². The van der Waals surface area contributed by atoms with Gasteiger partial charge in [-0.05, 0) is 75.0 Å². The number of hydrogen-bond acceptors (Lipinski definition) is 1. The zero-order chi connectivity index (χ0) is 18.9. The molecule has 5 heteroatoms. The first-order chi connectivity index (χ1) is 12.3. The molecule has 0 radical (unpaired) electrons. The Bertz CT molecular complexity index is 441. The van der Waals surface area contributed by atoms with Crippen molar-refractivity contribution in [2.45, 2.75) is 102 Å². The Kier molecular flexibility index (Phi) is 6.57. The van der Waals surface area contributed by atoms with E-state index in [9.17, 15) is 22.7 Å². The number of rotatable bonds is 4. The van der Waals surface area contributed by atoms with Crippen molar-refractivity contribution < 1.29 is 22.7 Å². The molecule has 0 aromatic carbocycles. The lowest BCUT2D eigenvalue weighted by molar-refractivity contribution is -0.105. The fourth-order valence-electron chi connectivity index (χ4n) is 5.68. The maximum absolute atomic E-state index is 14.8. The van der Waals surface area contributed by atoms with Gasteiger partial charge in [-0.3, -0.25) is 0 Å². The number of hydrogen-bond donors (Lipinski definition) is 1. The van der Waals surface area contributed by atoms with Gasteiger partial charge >= 0.3 is 0 Å². The van der Waals surface area contributed by atoms with Crippen LogP contribution in [0.3, 0.4) is 0 Å². The number of alkyl halides is 4. The van der Waals surface area contributed by atoms with Gasteiger partial charge in [0, 0.05) is 12.3 Å². The summed E-state index contributed by atoms with van der Waals surface area (Å²) in [7, 11) is 0. The van der Waals surface area contributed by atoms with E-state index < -0.39 is 36.2 Å². The molecule has 0 aromatic rings. The Morgan fingerprint density at radius 2 is 1.42 bits per heavy atom. The van der Waals surface area contributed by atoms with Crippen molar-refractivity contribution >= 4 is 0 Å². The summed E-state index contributed by atoms with van der Waals surface area (Å²) in [5.41, 5.74) is 0. The topological polar surface area (TPSA) is 20.2 Å². The lowest BCUT2D eigenvalue weighted by atomic mass is 9.67. The van der Waals surface area contributed by atoms with Gasteiger partial charge in [0.25, 0.3) is 5.92 Å². The first-order valence-electron chi connectivity index (χ1n) is 10.6. The Morgan fingerprint density at radius 3 is 2.04 bits per heavy atom. The highest BCUT2D eigenvalue weighted by Gasteiger charge is 2.47. The van der Waals surface area contributed by atoms with Gasteiger partial charge in [-0.1, -0.05) is 19.8 Å². The van der Waals surface area contributed by atoms with Crippen molar-refractivity contribution in [2.24, 2.45) is 29.6 Å². The molecule has 3 aliphatic carbocycles. The maximum Gasteiger partial charge on any atom is 0.251 e. The third-order valence-corrected chi connectivity index (χ3v) is 7.55. The monoisotopic (exact) mass is 378 g/mol. The summed E-state index contributed by atoms with van der Waals surface area (Å²) in [6.45, 7) is 2.19. The molecule has 4 atom stereocenters. The van der Waals surface area contributed by atoms with Crippen LogP contribution in [0, 0.1) is 29.6 Å². The van der Waals surface area contributed by atoms with Gasteiger partial charge in [-0.15, -0.1) is 0 Å². The van der Waals surface area contributed by atoms with Gasteiger partial charge in [0.05, 0.1) is 6.10 Å². The standard InChI is InChI=1S/C21H34F4O/c1-13-2-4-14(5-3-13)12-21(24,25)16-8-6-15(7-9-16)17-10-11-18(26)20(23)19(17)22/h13-20,26H,2-12H2,1H3. The van der Waals surface area contributed by atoms with Crippen LogP contribution in [0.5, 0.6) is 0 Å². The molecule has 4 unspecified atom stereocenters. The third-order valence-electron chi connectivity index (χ3n) is 7.55. The predicted molar refractivity (Wildman–Crippen MR) is 94.7 cm³/mol. The zero-order valence-electron chi connectivity index (χ0n) is 15.9. The summed E-state index contributed by atoms with van der Waals surface area (Å²) in [6, 6.07) is 0. The van der Waals surface area contributed by atoms with Crippen LogP contribution in [-0.2, 0) is 0 Å². The van der Waals surface area contributed by atoms with E-state index in [-0.39, 0.29) is 24.7 Å². The molecular weight excluding hydrogens is 344 g/mol. The summed E-state index contributed by atoms with van der Waals surface area (Å²) < 4.78 is 57.6. The van der Waals surface area contributed by atoms with E-state index in [1.54, 1.807) is 0 Å². The van der Waals surface area contributed by atoms with E-state index in [4.69, 9.17) is 0 Å². The second-order valence-electron chi connectivity index (χ2n) is 9.40. The Morgan fingerprint density at radius 1 is 0.808 bits per heavy atom. The Hall–Kier alpha value is -0.320. The molecule has 1 N–H and O–H groups in total. The SMILES string of the molecule is CC1CCC(CC(F)(F)C2CCC(C3CCC(O)C(F)C3F)CC2)CC1. The highest BCUT2D eigenvalue weighted by molar-refractivity contribution is 4.94. The lowest BCUT2D eigenvalue weighted by Crippen LogP contribution is -2.45. The summed E-state index contributed by atoms with van der Waals surface area (Å²) in [6.07, 6.45) is 1.99. The molecule has 0 saturated heterocycles. The molecule has 26 heavy (non-hydrogen) atoms. The molecule has 0 bridgehead atoms. The van der Waals surface area contributed by atoms with Gasteiger partial charge in [0.2, 0.25) is 0 Å². The summed E-state index contributed by atoms with van der Waals surface area (Å²) in [4.78, 5) is 0. The summed E-state index contributed by atoms with van der Waals surface area (Å²) in [5.74, 6) is -2.86. The quantitative estimate of drug-likeness (QED) is 0.587. The average Bonchev–Trinajstić information content (AvgIpc) is 2.62. The van der Waals surface area contributed by atoms with Crippen molar-refractivity contribution in [1.29, 1.82) is 0 Å². The molecule has 3 fully saturated rings. The molecule has 152 valence electrons. The van der Waals surface area contributed by atoms with E-state index in [1.807, 2.05) is 0 Å². The first kappa shape index (κ1) is 20.4. The minimum atomic E-state index is -2.63. The first-order valence-corrected chi connectivity index (χ1v) is 10.6. The molecule has 0 aromatic heterocycles. The number of aliphatic hydroxyl groups is 1. The van der Waals surface area contributed by atoms with Gasteiger partial charge in [-0.25, -0.2) is 17.6 Å². The van der Waals surface area contributed by atoms with Crippen LogP contribution in [0.15, 0.2) is 0 Å². The van der Waals surface area contributed by atoms with E-state index >= 15 is 0 Å². The Labute approximate surface area is 154 Å². The second-order valence-corrected chi connectivity index (χ2v) is 9.40. The van der Waals surface area contributed by atoms with Crippen LogP contribution >= 0.6 is 0 Å². The molecule has 0 aliphatic heterocycles. The largest absolute Gasteiger partial charge is 0.390 e. The lowest BCUT2D eigenvalue weighted by Gasteiger charge is -2.42. The van der Waals surface area contributed by atoms with Crippen LogP contribution in [0.2, 0.25) is 0 Å². The molecule has 1 nitrogen and oxygen atoms in total.